The average Bonchev–Trinajstić information content (AvgIpc) is 2.82. The second-order valence-electron chi connectivity index (χ2n) is 5.00. The second kappa shape index (κ2) is 5.83. The van der Waals surface area contributed by atoms with Gasteiger partial charge in [-0.2, -0.15) is 0 Å². The van der Waals surface area contributed by atoms with Crippen LogP contribution in [0.2, 0.25) is 0 Å². The van der Waals surface area contributed by atoms with Crippen molar-refractivity contribution in [1.29, 1.82) is 0 Å². The van der Waals surface area contributed by atoms with Gasteiger partial charge in [0.2, 0.25) is 5.91 Å². The monoisotopic (exact) mass is 341 g/mol. The highest BCUT2D eigenvalue weighted by Crippen LogP contribution is 2.28. The number of carboxylic acid groups (broad SMARTS) is 1. The molecule has 2 heterocycles. The lowest BCUT2D eigenvalue weighted by molar-refractivity contribution is -0.158. The summed E-state index contributed by atoms with van der Waals surface area (Å²) in [6.45, 7) is 2.07. The van der Waals surface area contributed by atoms with E-state index in [2.05, 4.69) is 15.9 Å². The van der Waals surface area contributed by atoms with Gasteiger partial charge in [-0.3, -0.25) is 4.79 Å². The molecular formula is C14H16BrNO4. The molecule has 1 aromatic heterocycles. The molecule has 1 unspecified atom stereocenters. The minimum atomic E-state index is -1.12. The summed E-state index contributed by atoms with van der Waals surface area (Å²) in [7, 11) is 0. The van der Waals surface area contributed by atoms with Gasteiger partial charge in [0, 0.05) is 12.6 Å². The molecule has 0 spiro atoms. The number of furan rings is 1. The fourth-order valence-electron chi connectivity index (χ4n) is 2.36. The lowest BCUT2D eigenvalue weighted by atomic mass is 9.88. The Morgan fingerprint density at radius 2 is 2.20 bits per heavy atom. The van der Waals surface area contributed by atoms with Crippen LogP contribution in [-0.4, -0.2) is 34.0 Å². The van der Waals surface area contributed by atoms with Crippen LogP contribution in [0.25, 0.3) is 6.08 Å². The van der Waals surface area contributed by atoms with Gasteiger partial charge in [-0.05, 0) is 60.3 Å². The maximum absolute atomic E-state index is 12.2. The highest BCUT2D eigenvalue weighted by atomic mass is 79.9. The van der Waals surface area contributed by atoms with Crippen LogP contribution in [-0.2, 0) is 9.59 Å². The zero-order valence-electron chi connectivity index (χ0n) is 11.1. The first-order chi connectivity index (χ1) is 9.43. The van der Waals surface area contributed by atoms with Gasteiger partial charge in [-0.1, -0.05) is 0 Å². The van der Waals surface area contributed by atoms with Crippen LogP contribution >= 0.6 is 15.9 Å². The Labute approximate surface area is 125 Å². The molecule has 2 rings (SSSR count). The largest absolute Gasteiger partial charge is 0.480 e. The summed E-state index contributed by atoms with van der Waals surface area (Å²) in [4.78, 5) is 25.1. The van der Waals surface area contributed by atoms with E-state index in [0.29, 0.717) is 23.4 Å². The number of nitrogens with zero attached hydrogens (tertiary/aromatic N) is 1. The number of hydrogen-bond acceptors (Lipinski definition) is 3. The molecule has 1 amide bonds. The van der Waals surface area contributed by atoms with Crippen LogP contribution in [0.15, 0.2) is 27.3 Å². The molecule has 1 N–H and O–H groups in total. The molecule has 0 aromatic carbocycles. The summed E-state index contributed by atoms with van der Waals surface area (Å²) in [6, 6.07) is 3.45. The van der Waals surface area contributed by atoms with Crippen molar-refractivity contribution in [3.8, 4) is 0 Å². The standard InChI is InChI=1S/C14H16BrNO4/c1-14(13(18)19)8-2-3-9-16(14)12(17)7-5-10-4-6-11(15)20-10/h4-7H,2-3,8-9H2,1H3,(H,18,19)/b7-5+. The summed E-state index contributed by atoms with van der Waals surface area (Å²) in [6.07, 6.45) is 5.03. The Hall–Kier alpha value is -1.56. The van der Waals surface area contributed by atoms with Crippen LogP contribution in [0, 0.1) is 0 Å². The van der Waals surface area contributed by atoms with E-state index in [1.807, 2.05) is 0 Å². The first-order valence-electron chi connectivity index (χ1n) is 6.42. The van der Waals surface area contributed by atoms with E-state index < -0.39 is 11.5 Å². The summed E-state index contributed by atoms with van der Waals surface area (Å²) in [5, 5.41) is 9.36. The van der Waals surface area contributed by atoms with Crippen molar-refractivity contribution >= 4 is 33.9 Å². The SMILES string of the molecule is CC1(C(=O)O)CCCCN1C(=O)/C=C/c1ccc(Br)o1. The summed E-state index contributed by atoms with van der Waals surface area (Å²) >= 11 is 3.18. The van der Waals surface area contributed by atoms with Crippen LogP contribution < -0.4 is 0 Å². The van der Waals surface area contributed by atoms with E-state index in [0.717, 1.165) is 12.8 Å². The fourth-order valence-corrected chi connectivity index (χ4v) is 2.68. The summed E-state index contributed by atoms with van der Waals surface area (Å²) < 4.78 is 5.84. The smallest absolute Gasteiger partial charge is 0.329 e. The highest BCUT2D eigenvalue weighted by molar-refractivity contribution is 9.10. The van der Waals surface area contributed by atoms with Gasteiger partial charge < -0.3 is 14.4 Å². The Morgan fingerprint density at radius 3 is 2.80 bits per heavy atom. The third kappa shape index (κ3) is 2.95. The van der Waals surface area contributed by atoms with Crippen LogP contribution in [0.1, 0.15) is 31.9 Å². The molecule has 0 bridgehead atoms. The predicted molar refractivity (Wildman–Crippen MR) is 77.0 cm³/mol. The molecule has 5 nitrogen and oxygen atoms in total. The van der Waals surface area contributed by atoms with Crippen LogP contribution in [0.5, 0.6) is 0 Å². The molecule has 20 heavy (non-hydrogen) atoms. The second-order valence-corrected chi connectivity index (χ2v) is 5.78. The Kier molecular flexibility index (Phi) is 4.32. The van der Waals surface area contributed by atoms with E-state index in [1.54, 1.807) is 25.1 Å². The third-order valence-corrected chi connectivity index (χ3v) is 4.03. The number of hydrogen-bond donors (Lipinski definition) is 1. The van der Waals surface area contributed by atoms with Crippen molar-refractivity contribution in [2.75, 3.05) is 6.54 Å². The Balaban J connectivity index is 2.14. The van der Waals surface area contributed by atoms with Crippen molar-refractivity contribution in [2.45, 2.75) is 31.7 Å². The molecule has 108 valence electrons. The van der Waals surface area contributed by atoms with Gasteiger partial charge in [0.15, 0.2) is 4.67 Å². The van der Waals surface area contributed by atoms with Gasteiger partial charge in [-0.25, -0.2) is 4.79 Å². The van der Waals surface area contributed by atoms with Crippen LogP contribution in [0.3, 0.4) is 0 Å². The van der Waals surface area contributed by atoms with Gasteiger partial charge in [0.05, 0.1) is 0 Å². The first kappa shape index (κ1) is 14.8. The fraction of sp³-hybridized carbons (Fsp3) is 0.429. The molecule has 1 fully saturated rings. The van der Waals surface area contributed by atoms with Gasteiger partial charge in [-0.15, -0.1) is 0 Å². The molecule has 1 saturated heterocycles. The van der Waals surface area contributed by atoms with Crippen molar-refractivity contribution in [3.05, 3.63) is 28.6 Å². The van der Waals surface area contributed by atoms with Crippen molar-refractivity contribution < 1.29 is 19.1 Å². The van der Waals surface area contributed by atoms with E-state index in [-0.39, 0.29) is 5.91 Å². The van der Waals surface area contributed by atoms with E-state index in [4.69, 9.17) is 4.42 Å². The van der Waals surface area contributed by atoms with Crippen molar-refractivity contribution in [3.63, 3.8) is 0 Å². The molecule has 0 aliphatic carbocycles. The highest BCUT2D eigenvalue weighted by Gasteiger charge is 2.43. The number of carbonyl (C=O) groups excluding carboxylic acids is 1. The van der Waals surface area contributed by atoms with E-state index in [9.17, 15) is 14.7 Å². The average molecular weight is 342 g/mol. The molecule has 0 saturated carbocycles. The normalized spacial score (nSPS) is 23.2. The maximum atomic E-state index is 12.2. The predicted octanol–water partition coefficient (Wildman–Crippen LogP) is 2.91. The number of amides is 1. The Morgan fingerprint density at radius 1 is 1.45 bits per heavy atom. The molecule has 1 aliphatic heterocycles. The lowest BCUT2D eigenvalue weighted by Gasteiger charge is -2.41. The maximum Gasteiger partial charge on any atom is 0.329 e. The number of aliphatic carboxylic acids is 1. The van der Waals surface area contributed by atoms with E-state index in [1.165, 1.54) is 11.0 Å². The zero-order valence-corrected chi connectivity index (χ0v) is 12.7. The number of piperidine rings is 1. The molecular weight excluding hydrogens is 326 g/mol. The van der Waals surface area contributed by atoms with Gasteiger partial charge in [0.25, 0.3) is 0 Å². The van der Waals surface area contributed by atoms with Gasteiger partial charge >= 0.3 is 5.97 Å². The topological polar surface area (TPSA) is 70.8 Å². The molecule has 1 atom stereocenters. The first-order valence-corrected chi connectivity index (χ1v) is 7.21. The van der Waals surface area contributed by atoms with Crippen molar-refractivity contribution in [2.24, 2.45) is 0 Å². The minimum absolute atomic E-state index is 0.304. The molecule has 6 heteroatoms. The van der Waals surface area contributed by atoms with E-state index >= 15 is 0 Å². The molecule has 1 aromatic rings. The zero-order chi connectivity index (χ0) is 14.8. The van der Waals surface area contributed by atoms with Crippen LogP contribution in [0.4, 0.5) is 0 Å². The minimum Gasteiger partial charge on any atom is -0.480 e. The van der Waals surface area contributed by atoms with Gasteiger partial charge in [0.1, 0.15) is 11.3 Å². The molecule has 0 radical (unpaired) electrons. The number of rotatable bonds is 3. The third-order valence-electron chi connectivity index (χ3n) is 3.60. The number of carbonyl (C=O) groups is 2. The summed E-state index contributed by atoms with van der Waals surface area (Å²) in [5.74, 6) is -0.721. The summed E-state index contributed by atoms with van der Waals surface area (Å²) in [5.41, 5.74) is -1.12. The number of carboxylic acids is 1. The quantitative estimate of drug-likeness (QED) is 0.858. The Bertz CT molecular complexity index is 551. The molecule has 1 aliphatic rings. The number of halogens is 1. The lowest BCUT2D eigenvalue weighted by Crippen LogP contribution is -2.57. The number of likely N-dealkylation sites (tertiary alicyclic amines) is 1. The van der Waals surface area contributed by atoms with Crippen molar-refractivity contribution in [1.82, 2.24) is 4.90 Å².